The smallest absolute Gasteiger partial charge is 0.211 e. The average molecular weight is 462 g/mol. The maximum Gasteiger partial charge on any atom is 0.211 e. The van der Waals surface area contributed by atoms with Crippen molar-refractivity contribution in [2.24, 2.45) is 0 Å². The minimum absolute atomic E-state index is 0.114. The predicted molar refractivity (Wildman–Crippen MR) is 139 cm³/mol. The molecule has 0 N–H and O–H groups in total. The first-order chi connectivity index (χ1) is 16.6. The molecule has 166 valence electrons. The van der Waals surface area contributed by atoms with Gasteiger partial charge < -0.3 is 0 Å². The van der Waals surface area contributed by atoms with Crippen LogP contribution >= 0.6 is 11.3 Å². The molecule has 5 rings (SSSR count). The van der Waals surface area contributed by atoms with E-state index in [9.17, 15) is 4.79 Å². The fourth-order valence-corrected chi connectivity index (χ4v) is 4.60. The fraction of sp³-hybridized carbons (Fsp3) is 0.0690. The Kier molecular flexibility index (Phi) is 6.02. The SMILES string of the molecule is Cc1ccc(/C=C/C(=O)c2nc(-n3nc(-c4ccccc4)cc3-c3ccccc3)sc2C)cc1. The molecule has 0 fully saturated rings. The highest BCUT2D eigenvalue weighted by Gasteiger charge is 2.19. The molecule has 0 spiro atoms. The summed E-state index contributed by atoms with van der Waals surface area (Å²) in [5, 5.41) is 5.55. The molecule has 0 atom stereocenters. The fourth-order valence-electron chi connectivity index (χ4n) is 3.72. The van der Waals surface area contributed by atoms with Gasteiger partial charge in [0.2, 0.25) is 10.9 Å². The summed E-state index contributed by atoms with van der Waals surface area (Å²) < 4.78 is 1.84. The van der Waals surface area contributed by atoms with Crippen molar-refractivity contribution in [3.8, 4) is 27.6 Å². The van der Waals surface area contributed by atoms with Crippen LogP contribution in [0.15, 0.2) is 97.1 Å². The number of hydrogen-bond donors (Lipinski definition) is 0. The van der Waals surface area contributed by atoms with E-state index in [-0.39, 0.29) is 5.78 Å². The summed E-state index contributed by atoms with van der Waals surface area (Å²) in [5.74, 6) is -0.114. The molecule has 0 saturated heterocycles. The van der Waals surface area contributed by atoms with Crippen LogP contribution in [0.1, 0.15) is 26.5 Å². The van der Waals surface area contributed by atoms with Gasteiger partial charge in [-0.3, -0.25) is 4.79 Å². The third-order valence-electron chi connectivity index (χ3n) is 5.55. The Morgan fingerprint density at radius 3 is 2.18 bits per heavy atom. The molecule has 5 heteroatoms. The lowest BCUT2D eigenvalue weighted by atomic mass is 10.1. The molecule has 0 radical (unpaired) electrons. The highest BCUT2D eigenvalue weighted by atomic mass is 32.1. The number of benzene rings is 3. The molecule has 0 amide bonds. The molecular weight excluding hydrogens is 438 g/mol. The maximum absolute atomic E-state index is 13.0. The lowest BCUT2D eigenvalue weighted by Gasteiger charge is -2.03. The van der Waals surface area contributed by atoms with Crippen LogP contribution in [0.3, 0.4) is 0 Å². The van der Waals surface area contributed by atoms with Gasteiger partial charge in [-0.2, -0.15) is 5.10 Å². The second-order valence-electron chi connectivity index (χ2n) is 8.07. The Morgan fingerprint density at radius 2 is 1.50 bits per heavy atom. The maximum atomic E-state index is 13.0. The second-order valence-corrected chi connectivity index (χ2v) is 9.25. The summed E-state index contributed by atoms with van der Waals surface area (Å²) in [7, 11) is 0. The van der Waals surface area contributed by atoms with E-state index in [1.165, 1.54) is 16.9 Å². The van der Waals surface area contributed by atoms with E-state index in [0.29, 0.717) is 10.8 Å². The zero-order valence-corrected chi connectivity index (χ0v) is 19.8. The Labute approximate surface area is 202 Å². The van der Waals surface area contributed by atoms with E-state index < -0.39 is 0 Å². The standard InChI is InChI=1S/C29H23N3OS/c1-20-13-15-22(16-14-20)17-18-27(33)28-21(2)34-29(30-28)32-26(24-11-7-4-8-12-24)19-25(31-32)23-9-5-3-6-10-23/h3-19H,1-2H3/b18-17+. The van der Waals surface area contributed by atoms with Gasteiger partial charge in [0.1, 0.15) is 5.69 Å². The van der Waals surface area contributed by atoms with Gasteiger partial charge in [0, 0.05) is 16.0 Å². The van der Waals surface area contributed by atoms with Gasteiger partial charge in [0.05, 0.1) is 11.4 Å². The van der Waals surface area contributed by atoms with E-state index in [4.69, 9.17) is 10.1 Å². The summed E-state index contributed by atoms with van der Waals surface area (Å²) in [6, 6.07) is 30.3. The van der Waals surface area contributed by atoms with Crippen molar-refractivity contribution in [2.45, 2.75) is 13.8 Å². The van der Waals surface area contributed by atoms with Gasteiger partial charge in [-0.25, -0.2) is 9.67 Å². The number of aryl methyl sites for hydroxylation is 2. The zero-order chi connectivity index (χ0) is 23.5. The number of thiazole rings is 1. The normalized spacial score (nSPS) is 11.2. The van der Waals surface area contributed by atoms with Crippen LogP contribution < -0.4 is 0 Å². The first-order valence-corrected chi connectivity index (χ1v) is 11.9. The van der Waals surface area contributed by atoms with Gasteiger partial charge in [0.15, 0.2) is 0 Å². The van der Waals surface area contributed by atoms with Crippen LogP contribution in [-0.2, 0) is 0 Å². The summed E-state index contributed by atoms with van der Waals surface area (Å²) in [6.45, 7) is 3.97. The summed E-state index contributed by atoms with van der Waals surface area (Å²) in [4.78, 5) is 18.5. The average Bonchev–Trinajstić information content (AvgIpc) is 3.49. The molecule has 4 nitrogen and oxygen atoms in total. The molecule has 0 aliphatic rings. The van der Waals surface area contributed by atoms with Crippen LogP contribution in [0.4, 0.5) is 0 Å². The molecule has 0 unspecified atom stereocenters. The molecule has 2 aromatic heterocycles. The molecule has 34 heavy (non-hydrogen) atoms. The Bertz CT molecular complexity index is 1460. The number of aromatic nitrogens is 3. The number of nitrogens with zero attached hydrogens (tertiary/aromatic N) is 3. The highest BCUT2D eigenvalue weighted by molar-refractivity contribution is 7.14. The molecule has 5 aromatic rings. The van der Waals surface area contributed by atoms with Crippen molar-refractivity contribution in [3.05, 3.63) is 119 Å². The van der Waals surface area contributed by atoms with Crippen LogP contribution in [0, 0.1) is 13.8 Å². The summed E-state index contributed by atoms with van der Waals surface area (Å²) in [6.07, 6.45) is 3.42. The van der Waals surface area contributed by atoms with Crippen LogP contribution in [0.5, 0.6) is 0 Å². The second kappa shape index (κ2) is 9.41. The molecule has 0 aliphatic carbocycles. The van der Waals surface area contributed by atoms with Crippen molar-refractivity contribution in [1.29, 1.82) is 0 Å². The number of carbonyl (C=O) groups excluding carboxylic acids is 1. The molecular formula is C29H23N3OS. The number of ketones is 1. The third-order valence-corrected chi connectivity index (χ3v) is 6.50. The molecule has 2 heterocycles. The van der Waals surface area contributed by atoms with E-state index in [2.05, 4.69) is 18.2 Å². The van der Waals surface area contributed by atoms with Crippen molar-refractivity contribution in [3.63, 3.8) is 0 Å². The third kappa shape index (κ3) is 4.51. The quantitative estimate of drug-likeness (QED) is 0.199. The monoisotopic (exact) mass is 461 g/mol. The Balaban J connectivity index is 1.53. The van der Waals surface area contributed by atoms with Gasteiger partial charge in [-0.1, -0.05) is 108 Å². The summed E-state index contributed by atoms with van der Waals surface area (Å²) in [5.41, 5.74) is 6.49. The van der Waals surface area contributed by atoms with E-state index in [1.54, 1.807) is 6.08 Å². The van der Waals surface area contributed by atoms with Crippen LogP contribution in [0.2, 0.25) is 0 Å². The topological polar surface area (TPSA) is 47.8 Å². The highest BCUT2D eigenvalue weighted by Crippen LogP contribution is 2.31. The Morgan fingerprint density at radius 1 is 0.853 bits per heavy atom. The van der Waals surface area contributed by atoms with Crippen molar-refractivity contribution in [1.82, 2.24) is 14.8 Å². The van der Waals surface area contributed by atoms with Gasteiger partial charge in [-0.05, 0) is 31.6 Å². The molecule has 3 aromatic carbocycles. The van der Waals surface area contributed by atoms with E-state index >= 15 is 0 Å². The van der Waals surface area contributed by atoms with Crippen LogP contribution in [-0.4, -0.2) is 20.5 Å². The largest absolute Gasteiger partial charge is 0.287 e. The van der Waals surface area contributed by atoms with Crippen molar-refractivity contribution < 1.29 is 4.79 Å². The number of hydrogen-bond acceptors (Lipinski definition) is 4. The molecule has 0 saturated carbocycles. The number of rotatable bonds is 6. The lowest BCUT2D eigenvalue weighted by Crippen LogP contribution is -2.01. The van der Waals surface area contributed by atoms with Crippen molar-refractivity contribution in [2.75, 3.05) is 0 Å². The minimum Gasteiger partial charge on any atom is -0.287 e. The van der Waals surface area contributed by atoms with Crippen molar-refractivity contribution >= 4 is 23.2 Å². The van der Waals surface area contributed by atoms with E-state index in [1.807, 2.05) is 97.4 Å². The first kappa shape index (κ1) is 21.7. The van der Waals surface area contributed by atoms with Gasteiger partial charge in [0.25, 0.3) is 0 Å². The molecule has 0 aliphatic heterocycles. The van der Waals surface area contributed by atoms with Gasteiger partial charge in [-0.15, -0.1) is 0 Å². The number of allylic oxidation sites excluding steroid dienone is 1. The van der Waals surface area contributed by atoms with E-state index in [0.717, 1.165) is 33.0 Å². The summed E-state index contributed by atoms with van der Waals surface area (Å²) >= 11 is 1.47. The number of carbonyl (C=O) groups is 1. The van der Waals surface area contributed by atoms with Crippen LogP contribution in [0.25, 0.3) is 33.7 Å². The Hall–Kier alpha value is -4.09. The van der Waals surface area contributed by atoms with Gasteiger partial charge >= 0.3 is 0 Å². The molecule has 0 bridgehead atoms. The lowest BCUT2D eigenvalue weighted by molar-refractivity contribution is 0.104. The zero-order valence-electron chi connectivity index (χ0n) is 19.0. The first-order valence-electron chi connectivity index (χ1n) is 11.1. The predicted octanol–water partition coefficient (Wildman–Crippen LogP) is 7.18. The minimum atomic E-state index is -0.114.